The van der Waals surface area contributed by atoms with E-state index in [2.05, 4.69) is 20.8 Å². The second-order valence-electron chi connectivity index (χ2n) is 5.38. The van der Waals surface area contributed by atoms with Crippen LogP contribution in [0.5, 0.6) is 0 Å². The van der Waals surface area contributed by atoms with Gasteiger partial charge < -0.3 is 5.73 Å². The van der Waals surface area contributed by atoms with Gasteiger partial charge >= 0.3 is 0 Å². The highest BCUT2D eigenvalue weighted by atomic mass is 35.5. The number of benzene rings is 1. The number of unbranched alkanes of at least 4 members (excludes halogenated alkanes) is 1. The van der Waals surface area contributed by atoms with E-state index in [1.807, 2.05) is 12.1 Å². The van der Waals surface area contributed by atoms with E-state index in [9.17, 15) is 0 Å². The molecule has 0 amide bonds. The maximum absolute atomic E-state index is 6.46. The Balaban J connectivity index is 3.03. The van der Waals surface area contributed by atoms with E-state index in [1.165, 1.54) is 0 Å². The molecule has 0 aliphatic rings. The van der Waals surface area contributed by atoms with Crippen molar-refractivity contribution in [1.29, 1.82) is 0 Å². The van der Waals surface area contributed by atoms with Gasteiger partial charge in [-0.25, -0.2) is 0 Å². The molecule has 0 heterocycles. The van der Waals surface area contributed by atoms with Crippen LogP contribution in [0, 0.1) is 0 Å². The van der Waals surface area contributed by atoms with Gasteiger partial charge in [-0.1, -0.05) is 50.0 Å². The highest BCUT2D eigenvalue weighted by Crippen LogP contribution is 2.36. The van der Waals surface area contributed by atoms with Crippen LogP contribution in [0.3, 0.4) is 0 Å². The first-order valence-corrected chi connectivity index (χ1v) is 6.81. The third kappa shape index (κ3) is 3.87. The van der Waals surface area contributed by atoms with Gasteiger partial charge in [-0.2, -0.15) is 0 Å². The largest absolute Gasteiger partial charge is 0.330 e. The van der Waals surface area contributed by atoms with Crippen molar-refractivity contribution < 1.29 is 0 Å². The van der Waals surface area contributed by atoms with Crippen LogP contribution >= 0.6 is 23.2 Å². The SMILES string of the molecule is CC(C)(C)c1ccc(Cl)c(CCCCN)c1Cl. The molecule has 2 N–H and O–H groups in total. The predicted octanol–water partition coefficient (Wildman–Crippen LogP) is 4.57. The van der Waals surface area contributed by atoms with Gasteiger partial charge in [0.1, 0.15) is 0 Å². The van der Waals surface area contributed by atoms with Crippen LogP contribution in [0.15, 0.2) is 12.1 Å². The molecule has 0 bridgehead atoms. The molecule has 1 aromatic rings. The molecule has 1 rings (SSSR count). The molecular weight excluding hydrogens is 253 g/mol. The summed E-state index contributed by atoms with van der Waals surface area (Å²) in [4.78, 5) is 0. The predicted molar refractivity (Wildman–Crippen MR) is 77.2 cm³/mol. The standard InChI is InChI=1S/C14H21Cl2N/c1-14(2,3)11-7-8-12(15)10(13(11)16)6-4-5-9-17/h7-8H,4-6,9,17H2,1-3H3. The molecule has 1 nitrogen and oxygen atoms in total. The molecule has 96 valence electrons. The second kappa shape index (κ2) is 6.08. The first kappa shape index (κ1) is 14.8. The van der Waals surface area contributed by atoms with Gasteiger partial charge in [-0.15, -0.1) is 0 Å². The molecule has 0 radical (unpaired) electrons. The van der Waals surface area contributed by atoms with E-state index >= 15 is 0 Å². The van der Waals surface area contributed by atoms with Crippen LogP contribution in [-0.2, 0) is 11.8 Å². The first-order valence-electron chi connectivity index (χ1n) is 6.05. The highest BCUT2D eigenvalue weighted by molar-refractivity contribution is 6.36. The maximum Gasteiger partial charge on any atom is 0.0490 e. The Morgan fingerprint density at radius 1 is 1.12 bits per heavy atom. The molecule has 0 fully saturated rings. The summed E-state index contributed by atoms with van der Waals surface area (Å²) in [6.45, 7) is 7.19. The van der Waals surface area contributed by atoms with E-state index in [0.29, 0.717) is 6.54 Å². The Morgan fingerprint density at radius 2 is 1.76 bits per heavy atom. The Bertz CT molecular complexity index is 381. The van der Waals surface area contributed by atoms with Crippen LogP contribution < -0.4 is 5.73 Å². The summed E-state index contributed by atoms with van der Waals surface area (Å²) in [6, 6.07) is 3.98. The lowest BCUT2D eigenvalue weighted by Gasteiger charge is -2.23. The van der Waals surface area contributed by atoms with Crippen molar-refractivity contribution >= 4 is 23.2 Å². The van der Waals surface area contributed by atoms with Crippen LogP contribution in [0.1, 0.15) is 44.7 Å². The molecule has 0 atom stereocenters. The van der Waals surface area contributed by atoms with E-state index in [1.54, 1.807) is 0 Å². The van der Waals surface area contributed by atoms with Gasteiger partial charge in [-0.3, -0.25) is 0 Å². The molecule has 0 aliphatic carbocycles. The molecule has 17 heavy (non-hydrogen) atoms. The number of halogens is 2. The summed E-state index contributed by atoms with van der Waals surface area (Å²) in [5.41, 5.74) is 7.77. The average Bonchev–Trinajstić information content (AvgIpc) is 2.21. The van der Waals surface area contributed by atoms with Crippen LogP contribution in [0.25, 0.3) is 0 Å². The number of hydrogen-bond donors (Lipinski definition) is 1. The zero-order chi connectivity index (χ0) is 13.1. The van der Waals surface area contributed by atoms with Crippen molar-refractivity contribution in [2.75, 3.05) is 6.54 Å². The van der Waals surface area contributed by atoms with Crippen molar-refractivity contribution in [3.8, 4) is 0 Å². The van der Waals surface area contributed by atoms with Crippen molar-refractivity contribution in [3.05, 3.63) is 33.3 Å². The molecule has 0 aromatic heterocycles. The van der Waals surface area contributed by atoms with Gasteiger partial charge in [0.05, 0.1) is 0 Å². The van der Waals surface area contributed by atoms with Gasteiger partial charge in [0, 0.05) is 10.0 Å². The van der Waals surface area contributed by atoms with Crippen LogP contribution in [-0.4, -0.2) is 6.54 Å². The van der Waals surface area contributed by atoms with Crippen LogP contribution in [0.2, 0.25) is 10.0 Å². The summed E-state index contributed by atoms with van der Waals surface area (Å²) in [5, 5.41) is 1.59. The summed E-state index contributed by atoms with van der Waals surface area (Å²) < 4.78 is 0. The molecule has 0 aliphatic heterocycles. The van der Waals surface area contributed by atoms with Crippen molar-refractivity contribution in [3.63, 3.8) is 0 Å². The van der Waals surface area contributed by atoms with E-state index in [-0.39, 0.29) is 5.41 Å². The van der Waals surface area contributed by atoms with Gasteiger partial charge in [0.25, 0.3) is 0 Å². The zero-order valence-electron chi connectivity index (χ0n) is 10.8. The molecule has 1 aromatic carbocycles. The highest BCUT2D eigenvalue weighted by Gasteiger charge is 2.20. The third-order valence-electron chi connectivity index (χ3n) is 2.87. The minimum absolute atomic E-state index is 0.0459. The number of rotatable bonds is 4. The van der Waals surface area contributed by atoms with Crippen molar-refractivity contribution in [2.24, 2.45) is 5.73 Å². The lowest BCUT2D eigenvalue weighted by Crippen LogP contribution is -2.13. The van der Waals surface area contributed by atoms with Crippen LogP contribution in [0.4, 0.5) is 0 Å². The third-order valence-corrected chi connectivity index (χ3v) is 3.66. The molecule has 0 saturated carbocycles. The zero-order valence-corrected chi connectivity index (χ0v) is 12.3. The second-order valence-corrected chi connectivity index (χ2v) is 6.17. The van der Waals surface area contributed by atoms with Crippen molar-refractivity contribution in [1.82, 2.24) is 0 Å². The fourth-order valence-electron chi connectivity index (χ4n) is 1.85. The number of nitrogens with two attached hydrogens (primary N) is 1. The Labute approximate surface area is 114 Å². The summed E-state index contributed by atoms with van der Waals surface area (Å²) in [6.07, 6.45) is 2.94. The topological polar surface area (TPSA) is 26.0 Å². The smallest absolute Gasteiger partial charge is 0.0490 e. The summed E-state index contributed by atoms with van der Waals surface area (Å²) in [7, 11) is 0. The maximum atomic E-state index is 6.46. The van der Waals surface area contributed by atoms with Crippen molar-refractivity contribution in [2.45, 2.75) is 45.4 Å². The molecular formula is C14H21Cl2N. The van der Waals surface area contributed by atoms with E-state index in [4.69, 9.17) is 28.9 Å². The van der Waals surface area contributed by atoms with Gasteiger partial charge in [-0.05, 0) is 48.4 Å². The normalized spacial score (nSPS) is 11.9. The fraction of sp³-hybridized carbons (Fsp3) is 0.571. The Morgan fingerprint density at radius 3 is 2.29 bits per heavy atom. The fourth-order valence-corrected chi connectivity index (χ4v) is 2.70. The lowest BCUT2D eigenvalue weighted by atomic mass is 9.85. The molecule has 0 unspecified atom stereocenters. The molecule has 0 spiro atoms. The summed E-state index contributed by atoms with van der Waals surface area (Å²) in [5.74, 6) is 0. The minimum atomic E-state index is 0.0459. The molecule has 0 saturated heterocycles. The quantitative estimate of drug-likeness (QED) is 0.799. The lowest BCUT2D eigenvalue weighted by molar-refractivity contribution is 0.589. The average molecular weight is 274 g/mol. The minimum Gasteiger partial charge on any atom is -0.330 e. The van der Waals surface area contributed by atoms with Gasteiger partial charge in [0.2, 0.25) is 0 Å². The van der Waals surface area contributed by atoms with Gasteiger partial charge in [0.15, 0.2) is 0 Å². The summed E-state index contributed by atoms with van der Waals surface area (Å²) >= 11 is 12.7. The van der Waals surface area contributed by atoms with E-state index in [0.717, 1.165) is 40.4 Å². The Hall–Kier alpha value is -0.240. The first-order chi connectivity index (χ1) is 7.88. The van der Waals surface area contributed by atoms with E-state index < -0.39 is 0 Å². The number of hydrogen-bond acceptors (Lipinski definition) is 1. The Kier molecular flexibility index (Phi) is 5.30. The molecule has 3 heteroatoms. The monoisotopic (exact) mass is 273 g/mol.